The van der Waals surface area contributed by atoms with Crippen LogP contribution in [0.3, 0.4) is 0 Å². The number of nitrogens with zero attached hydrogens (tertiary/aromatic N) is 1. The zero-order valence-electron chi connectivity index (χ0n) is 18.2. The minimum atomic E-state index is -0.965. The number of rotatable bonds is 4. The third-order valence-electron chi connectivity index (χ3n) is 6.84. The molecule has 2 amide bonds. The van der Waals surface area contributed by atoms with E-state index in [-0.39, 0.29) is 17.9 Å². The molecule has 2 aromatic rings. The summed E-state index contributed by atoms with van der Waals surface area (Å²) in [6.07, 6.45) is 8.56. The van der Waals surface area contributed by atoms with Gasteiger partial charge in [0.2, 0.25) is 5.91 Å². The number of halogens is 1. The highest BCUT2D eigenvalue weighted by molar-refractivity contribution is 6.31. The number of carbonyl (C=O) groups is 2. The third kappa shape index (κ3) is 4.64. The molecule has 0 spiro atoms. The van der Waals surface area contributed by atoms with Gasteiger partial charge in [-0.05, 0) is 43.0 Å². The molecule has 0 aromatic heterocycles. The van der Waals surface area contributed by atoms with Crippen LogP contribution < -0.4 is 5.32 Å². The van der Waals surface area contributed by atoms with Crippen LogP contribution >= 0.6 is 11.6 Å². The lowest BCUT2D eigenvalue weighted by Gasteiger charge is -2.45. The summed E-state index contributed by atoms with van der Waals surface area (Å²) in [7, 11) is 0. The highest BCUT2D eigenvalue weighted by atomic mass is 35.5. The van der Waals surface area contributed by atoms with Crippen molar-refractivity contribution in [3.05, 3.63) is 70.2 Å². The Bertz CT molecular complexity index is 952. The fraction of sp³-hybridized carbons (Fsp3) is 0.462. The van der Waals surface area contributed by atoms with Crippen molar-refractivity contribution in [2.45, 2.75) is 76.4 Å². The van der Waals surface area contributed by atoms with Gasteiger partial charge in [-0.3, -0.25) is 9.59 Å². The van der Waals surface area contributed by atoms with Crippen molar-refractivity contribution in [1.82, 2.24) is 10.2 Å². The summed E-state index contributed by atoms with van der Waals surface area (Å²) in [5.74, 6) is -0.176. The monoisotopic (exact) mass is 438 g/mol. The first-order valence-electron chi connectivity index (χ1n) is 11.4. The molecule has 2 aliphatic rings. The zero-order chi connectivity index (χ0) is 21.8. The Balaban J connectivity index is 1.64. The van der Waals surface area contributed by atoms with Crippen LogP contribution in [0.2, 0.25) is 5.02 Å². The average Bonchev–Trinajstić information content (AvgIpc) is 2.74. The van der Waals surface area contributed by atoms with Crippen molar-refractivity contribution in [2.75, 3.05) is 0 Å². The molecule has 5 heteroatoms. The predicted molar refractivity (Wildman–Crippen MR) is 124 cm³/mol. The van der Waals surface area contributed by atoms with E-state index in [1.807, 2.05) is 55.5 Å². The van der Waals surface area contributed by atoms with E-state index < -0.39 is 5.54 Å². The van der Waals surface area contributed by atoms with Gasteiger partial charge in [-0.15, -0.1) is 0 Å². The molecule has 4 nitrogen and oxygen atoms in total. The first-order chi connectivity index (χ1) is 15.0. The number of carbonyl (C=O) groups excluding carboxylic acids is 2. The van der Waals surface area contributed by atoms with Crippen molar-refractivity contribution >= 4 is 23.4 Å². The average molecular weight is 439 g/mol. The number of fused-ring (bicyclic) bond motifs is 1. The molecule has 0 saturated heterocycles. The van der Waals surface area contributed by atoms with Gasteiger partial charge in [-0.25, -0.2) is 0 Å². The van der Waals surface area contributed by atoms with Gasteiger partial charge in [-0.2, -0.15) is 0 Å². The first kappa shape index (κ1) is 21.9. The smallest absolute Gasteiger partial charge is 0.255 e. The largest absolute Gasteiger partial charge is 0.351 e. The number of benzene rings is 2. The molecule has 1 saturated carbocycles. The lowest BCUT2D eigenvalue weighted by molar-refractivity contribution is -0.132. The van der Waals surface area contributed by atoms with Crippen LogP contribution in [0, 0.1) is 0 Å². The molecule has 1 aliphatic carbocycles. The first-order valence-corrected chi connectivity index (χ1v) is 11.8. The van der Waals surface area contributed by atoms with Crippen molar-refractivity contribution in [3.63, 3.8) is 0 Å². The van der Waals surface area contributed by atoms with E-state index in [9.17, 15) is 9.59 Å². The Kier molecular flexibility index (Phi) is 6.66. The maximum atomic E-state index is 13.7. The second-order valence-electron chi connectivity index (χ2n) is 9.11. The summed E-state index contributed by atoms with van der Waals surface area (Å²) in [5.41, 5.74) is 1.48. The normalized spacial score (nSPS) is 22.4. The second-order valence-corrected chi connectivity index (χ2v) is 9.51. The van der Waals surface area contributed by atoms with E-state index in [1.54, 1.807) is 4.90 Å². The number of hydrogen-bond donors (Lipinski definition) is 1. The second kappa shape index (κ2) is 9.44. The van der Waals surface area contributed by atoms with Crippen molar-refractivity contribution in [3.8, 4) is 0 Å². The summed E-state index contributed by atoms with van der Waals surface area (Å²) >= 11 is 6.41. The van der Waals surface area contributed by atoms with Crippen LogP contribution in [0.25, 0.3) is 0 Å². The third-order valence-corrected chi connectivity index (χ3v) is 7.21. The Labute approximate surface area is 190 Å². The molecule has 1 heterocycles. The van der Waals surface area contributed by atoms with Gasteiger partial charge in [0.15, 0.2) is 0 Å². The highest BCUT2D eigenvalue weighted by Gasteiger charge is 2.47. The Hall–Kier alpha value is -2.33. The molecule has 0 bridgehead atoms. The molecule has 1 fully saturated rings. The van der Waals surface area contributed by atoms with E-state index in [2.05, 4.69) is 5.32 Å². The molecular formula is C26H31ClN2O2. The van der Waals surface area contributed by atoms with Gasteiger partial charge in [0.1, 0.15) is 5.54 Å². The van der Waals surface area contributed by atoms with Crippen LogP contribution in [0.4, 0.5) is 0 Å². The standard InChI is InChI=1S/C26H31ClN2O2/c1-26(25(31)28-21-13-5-3-2-4-6-14-21)17-19-11-7-9-15-22(19)24(30)29(26)18-20-12-8-10-16-23(20)27/h7-12,15-16,21H,2-6,13-14,17-18H2,1H3,(H,28,31). The molecule has 164 valence electrons. The van der Waals surface area contributed by atoms with Gasteiger partial charge < -0.3 is 10.2 Å². The Morgan fingerprint density at radius 1 is 1.03 bits per heavy atom. The summed E-state index contributed by atoms with van der Waals surface area (Å²) in [6, 6.07) is 15.3. The SMILES string of the molecule is CC1(C(=O)NC2CCCCCCC2)Cc2ccccc2C(=O)N1Cc1ccccc1Cl. The summed E-state index contributed by atoms with van der Waals surface area (Å²) in [4.78, 5) is 29.0. The molecule has 1 N–H and O–H groups in total. The molecular weight excluding hydrogens is 408 g/mol. The summed E-state index contributed by atoms with van der Waals surface area (Å²) in [6.45, 7) is 2.21. The number of nitrogens with one attached hydrogen (secondary N) is 1. The van der Waals surface area contributed by atoms with Crippen molar-refractivity contribution in [1.29, 1.82) is 0 Å². The van der Waals surface area contributed by atoms with Crippen LogP contribution in [0.15, 0.2) is 48.5 Å². The van der Waals surface area contributed by atoms with E-state index in [0.29, 0.717) is 23.6 Å². The molecule has 1 unspecified atom stereocenters. The topological polar surface area (TPSA) is 49.4 Å². The predicted octanol–water partition coefficient (Wildman–Crippen LogP) is 5.53. The minimum Gasteiger partial charge on any atom is -0.351 e. The van der Waals surface area contributed by atoms with E-state index in [4.69, 9.17) is 11.6 Å². The fourth-order valence-corrected chi connectivity index (χ4v) is 5.10. The van der Waals surface area contributed by atoms with Gasteiger partial charge in [-0.1, -0.05) is 80.1 Å². The lowest BCUT2D eigenvalue weighted by Crippen LogP contribution is -2.63. The van der Waals surface area contributed by atoms with Crippen LogP contribution in [-0.2, 0) is 17.8 Å². The van der Waals surface area contributed by atoms with Crippen LogP contribution in [0.5, 0.6) is 0 Å². The molecule has 2 aromatic carbocycles. The van der Waals surface area contributed by atoms with E-state index in [0.717, 1.165) is 36.8 Å². The summed E-state index contributed by atoms with van der Waals surface area (Å²) in [5, 5.41) is 3.92. The quantitative estimate of drug-likeness (QED) is 0.682. The molecule has 1 atom stereocenters. The molecule has 1 aliphatic heterocycles. The fourth-order valence-electron chi connectivity index (χ4n) is 4.91. The van der Waals surface area contributed by atoms with Crippen LogP contribution in [0.1, 0.15) is 73.4 Å². The zero-order valence-corrected chi connectivity index (χ0v) is 19.0. The lowest BCUT2D eigenvalue weighted by atomic mass is 9.82. The van der Waals surface area contributed by atoms with Gasteiger partial charge >= 0.3 is 0 Å². The molecule has 0 radical (unpaired) electrons. The maximum Gasteiger partial charge on any atom is 0.255 e. The van der Waals surface area contributed by atoms with Crippen molar-refractivity contribution < 1.29 is 9.59 Å². The molecule has 31 heavy (non-hydrogen) atoms. The van der Waals surface area contributed by atoms with Crippen molar-refractivity contribution in [2.24, 2.45) is 0 Å². The highest BCUT2D eigenvalue weighted by Crippen LogP contribution is 2.34. The van der Waals surface area contributed by atoms with Gasteiger partial charge in [0, 0.05) is 29.6 Å². The van der Waals surface area contributed by atoms with Crippen LogP contribution in [-0.4, -0.2) is 28.3 Å². The number of hydrogen-bond acceptors (Lipinski definition) is 2. The number of amides is 2. The Morgan fingerprint density at radius 3 is 2.42 bits per heavy atom. The molecule has 4 rings (SSSR count). The van der Waals surface area contributed by atoms with Gasteiger partial charge in [0.25, 0.3) is 5.91 Å². The Morgan fingerprint density at radius 2 is 1.68 bits per heavy atom. The van der Waals surface area contributed by atoms with E-state index in [1.165, 1.54) is 19.3 Å². The minimum absolute atomic E-state index is 0.0621. The van der Waals surface area contributed by atoms with E-state index >= 15 is 0 Å². The summed E-state index contributed by atoms with van der Waals surface area (Å²) < 4.78 is 0. The maximum absolute atomic E-state index is 13.7. The van der Waals surface area contributed by atoms with Gasteiger partial charge in [0.05, 0.1) is 0 Å².